The van der Waals surface area contributed by atoms with Crippen molar-refractivity contribution in [2.24, 2.45) is 10.7 Å². The molecule has 4 nitrogen and oxygen atoms in total. The molecule has 2 aliphatic rings. The molecule has 0 atom stereocenters. The average molecular weight is 285 g/mol. The van der Waals surface area contributed by atoms with Gasteiger partial charge in [-0.3, -0.25) is 4.99 Å². The van der Waals surface area contributed by atoms with Gasteiger partial charge < -0.3 is 15.8 Å². The zero-order valence-corrected chi connectivity index (χ0v) is 12.8. The Bertz CT molecular complexity index is 297. The molecule has 0 unspecified atom stereocenters. The maximum Gasteiger partial charge on any atom is 0.188 e. The number of hydrogen-bond donors (Lipinski definition) is 2. The molecule has 1 aliphatic carbocycles. The predicted octanol–water partition coefficient (Wildman–Crippen LogP) is 2.14. The Balaban J connectivity index is 1.81. The Morgan fingerprint density at radius 3 is 2.63 bits per heavy atom. The smallest absolute Gasteiger partial charge is 0.188 e. The molecule has 0 bridgehead atoms. The molecule has 110 valence electrons. The summed E-state index contributed by atoms with van der Waals surface area (Å²) in [6.07, 6.45) is 10.8. The summed E-state index contributed by atoms with van der Waals surface area (Å²) in [7, 11) is 0. The van der Waals surface area contributed by atoms with Crippen molar-refractivity contribution < 1.29 is 4.74 Å². The van der Waals surface area contributed by atoms with Crippen molar-refractivity contribution >= 4 is 17.7 Å². The fraction of sp³-hybridized carbons (Fsp3) is 0.929. The molecule has 3 N–H and O–H groups in total. The summed E-state index contributed by atoms with van der Waals surface area (Å²) in [6.45, 7) is 2.52. The second-order valence-corrected chi connectivity index (χ2v) is 6.95. The van der Waals surface area contributed by atoms with Crippen molar-refractivity contribution in [2.75, 3.05) is 26.0 Å². The van der Waals surface area contributed by atoms with Gasteiger partial charge in [0.05, 0.1) is 6.54 Å². The lowest BCUT2D eigenvalue weighted by Gasteiger charge is -2.34. The van der Waals surface area contributed by atoms with E-state index in [1.54, 1.807) is 0 Å². The van der Waals surface area contributed by atoms with E-state index < -0.39 is 0 Å². The highest BCUT2D eigenvalue weighted by atomic mass is 32.2. The van der Waals surface area contributed by atoms with Crippen molar-refractivity contribution in [1.82, 2.24) is 5.32 Å². The molecule has 2 rings (SSSR count). The summed E-state index contributed by atoms with van der Waals surface area (Å²) in [4.78, 5) is 4.59. The predicted molar refractivity (Wildman–Crippen MR) is 82.8 cm³/mol. The third-order valence-electron chi connectivity index (χ3n) is 4.33. The number of ether oxygens (including phenoxy) is 1. The summed E-state index contributed by atoms with van der Waals surface area (Å²) in [5, 5.41) is 3.39. The quantitative estimate of drug-likeness (QED) is 0.614. The van der Waals surface area contributed by atoms with E-state index in [2.05, 4.69) is 16.6 Å². The van der Waals surface area contributed by atoms with Crippen LogP contribution in [-0.2, 0) is 4.74 Å². The largest absolute Gasteiger partial charge is 0.381 e. The van der Waals surface area contributed by atoms with Crippen LogP contribution in [0.4, 0.5) is 0 Å². The summed E-state index contributed by atoms with van der Waals surface area (Å²) in [6, 6.07) is 0.539. The molecule has 1 aliphatic heterocycles. The fourth-order valence-electron chi connectivity index (χ4n) is 2.90. The lowest BCUT2D eigenvalue weighted by atomic mass is 9.96. The van der Waals surface area contributed by atoms with Crippen molar-refractivity contribution in [1.29, 1.82) is 0 Å². The van der Waals surface area contributed by atoms with Gasteiger partial charge in [-0.1, -0.05) is 19.3 Å². The molecule has 5 heteroatoms. The highest BCUT2D eigenvalue weighted by Crippen LogP contribution is 2.33. The van der Waals surface area contributed by atoms with Gasteiger partial charge in [-0.2, -0.15) is 11.8 Å². The molecule has 0 radical (unpaired) electrons. The lowest BCUT2D eigenvalue weighted by molar-refractivity contribution is 0.0794. The fourth-order valence-corrected chi connectivity index (χ4v) is 3.67. The van der Waals surface area contributed by atoms with Crippen LogP contribution < -0.4 is 11.1 Å². The van der Waals surface area contributed by atoms with Crippen molar-refractivity contribution in [3.63, 3.8) is 0 Å². The number of rotatable bonds is 4. The third-order valence-corrected chi connectivity index (χ3v) is 5.74. The van der Waals surface area contributed by atoms with E-state index in [0.717, 1.165) is 32.6 Å². The Kier molecular flexibility index (Phi) is 5.82. The summed E-state index contributed by atoms with van der Waals surface area (Å²) >= 11 is 1.91. The summed E-state index contributed by atoms with van der Waals surface area (Å²) in [5.74, 6) is 0.631. The summed E-state index contributed by atoms with van der Waals surface area (Å²) < 4.78 is 5.68. The van der Waals surface area contributed by atoms with E-state index >= 15 is 0 Å². The molecule has 0 aromatic rings. The van der Waals surface area contributed by atoms with E-state index in [4.69, 9.17) is 10.5 Å². The number of nitrogens with two attached hydrogens (primary N) is 1. The first-order valence-corrected chi connectivity index (χ1v) is 8.66. The van der Waals surface area contributed by atoms with E-state index in [-0.39, 0.29) is 4.75 Å². The molecule has 0 aromatic heterocycles. The van der Waals surface area contributed by atoms with Gasteiger partial charge in [0.15, 0.2) is 5.96 Å². The van der Waals surface area contributed by atoms with E-state index in [9.17, 15) is 0 Å². The number of hydrogen-bond acceptors (Lipinski definition) is 3. The van der Waals surface area contributed by atoms with Crippen LogP contribution in [0.15, 0.2) is 4.99 Å². The lowest BCUT2D eigenvalue weighted by Crippen LogP contribution is -2.43. The van der Waals surface area contributed by atoms with Crippen LogP contribution in [0.1, 0.15) is 44.9 Å². The molecule has 0 spiro atoms. The van der Waals surface area contributed by atoms with E-state index in [1.165, 1.54) is 32.1 Å². The number of nitrogens with one attached hydrogen (secondary N) is 1. The van der Waals surface area contributed by atoms with Gasteiger partial charge in [0, 0.05) is 24.0 Å². The van der Waals surface area contributed by atoms with Crippen molar-refractivity contribution in [2.45, 2.75) is 55.7 Å². The molecule has 19 heavy (non-hydrogen) atoms. The topological polar surface area (TPSA) is 59.6 Å². The second kappa shape index (κ2) is 7.39. The van der Waals surface area contributed by atoms with Crippen LogP contribution in [0.5, 0.6) is 0 Å². The number of aliphatic imine (C=N–C) groups is 1. The molecule has 1 saturated carbocycles. The van der Waals surface area contributed by atoms with Crippen molar-refractivity contribution in [3.05, 3.63) is 0 Å². The minimum atomic E-state index is 0.233. The van der Waals surface area contributed by atoms with Gasteiger partial charge in [0.1, 0.15) is 0 Å². The van der Waals surface area contributed by atoms with Crippen LogP contribution in [-0.4, -0.2) is 42.8 Å². The highest BCUT2D eigenvalue weighted by Gasteiger charge is 2.31. The van der Waals surface area contributed by atoms with Crippen LogP contribution in [0.25, 0.3) is 0 Å². The number of nitrogens with zero attached hydrogens (tertiary/aromatic N) is 1. The van der Waals surface area contributed by atoms with Gasteiger partial charge in [-0.05, 0) is 31.9 Å². The molecule has 1 heterocycles. The SMILES string of the molecule is CSC1(CN=C(N)NC2CCCCC2)CCOCC1. The molecule has 1 saturated heterocycles. The van der Waals surface area contributed by atoms with E-state index in [1.807, 2.05) is 11.8 Å². The van der Waals surface area contributed by atoms with Crippen LogP contribution >= 0.6 is 11.8 Å². The normalized spacial score (nSPS) is 25.2. The number of thioether (sulfide) groups is 1. The van der Waals surface area contributed by atoms with Gasteiger partial charge in [0.25, 0.3) is 0 Å². The molecular weight excluding hydrogens is 258 g/mol. The second-order valence-electron chi connectivity index (χ2n) is 5.68. The van der Waals surface area contributed by atoms with Crippen molar-refractivity contribution in [3.8, 4) is 0 Å². The van der Waals surface area contributed by atoms with E-state index in [0.29, 0.717) is 12.0 Å². The Morgan fingerprint density at radius 1 is 1.32 bits per heavy atom. The standard InChI is InChI=1S/C14H27N3OS/c1-19-14(7-9-18-10-8-14)11-16-13(15)17-12-5-3-2-4-6-12/h12H,2-11H2,1H3,(H3,15,16,17). The monoisotopic (exact) mass is 285 g/mol. The zero-order chi connectivity index (χ0) is 13.6. The highest BCUT2D eigenvalue weighted by molar-refractivity contribution is 8.00. The summed E-state index contributed by atoms with van der Waals surface area (Å²) in [5.41, 5.74) is 6.03. The van der Waals surface area contributed by atoms with Crippen LogP contribution in [0, 0.1) is 0 Å². The maximum absolute atomic E-state index is 6.03. The van der Waals surface area contributed by atoms with Gasteiger partial charge in [0.2, 0.25) is 0 Å². The maximum atomic E-state index is 6.03. The molecule has 0 aromatic carbocycles. The van der Waals surface area contributed by atoms with Gasteiger partial charge in [-0.25, -0.2) is 0 Å². The van der Waals surface area contributed by atoms with Crippen LogP contribution in [0.2, 0.25) is 0 Å². The van der Waals surface area contributed by atoms with Gasteiger partial charge >= 0.3 is 0 Å². The van der Waals surface area contributed by atoms with Gasteiger partial charge in [-0.15, -0.1) is 0 Å². The molecule has 0 amide bonds. The Labute approximate surface area is 120 Å². The average Bonchev–Trinajstić information content (AvgIpc) is 2.47. The minimum Gasteiger partial charge on any atom is -0.381 e. The third kappa shape index (κ3) is 4.56. The first kappa shape index (κ1) is 15.0. The minimum absolute atomic E-state index is 0.233. The first-order chi connectivity index (χ1) is 9.24. The zero-order valence-electron chi connectivity index (χ0n) is 12.0. The first-order valence-electron chi connectivity index (χ1n) is 7.43. The number of guanidine groups is 1. The molecule has 2 fully saturated rings. The Morgan fingerprint density at radius 2 is 2.00 bits per heavy atom. The van der Waals surface area contributed by atoms with Crippen LogP contribution in [0.3, 0.4) is 0 Å². The Hall–Kier alpha value is -0.420. The molecular formula is C14H27N3OS.